The lowest BCUT2D eigenvalue weighted by Gasteiger charge is -2.43. The molecular formula is C24H37N3O2. The molecule has 0 aromatic heterocycles. The number of rotatable bonds is 5. The fraction of sp³-hybridized carbons (Fsp3) is 0.708. The number of nitrogens with zero attached hydrogens (tertiary/aromatic N) is 3. The molecule has 1 amide bonds. The highest BCUT2D eigenvalue weighted by atomic mass is 16.3. The Balaban J connectivity index is 1.24. The van der Waals surface area contributed by atoms with Gasteiger partial charge < -0.3 is 10.0 Å². The molecule has 1 aromatic rings. The van der Waals surface area contributed by atoms with Crippen LogP contribution >= 0.6 is 0 Å². The average molecular weight is 400 g/mol. The molecule has 0 bridgehead atoms. The predicted molar refractivity (Wildman–Crippen MR) is 115 cm³/mol. The number of likely N-dealkylation sites (tertiary alicyclic amines) is 3. The molecule has 3 aliphatic rings. The zero-order chi connectivity index (χ0) is 20.1. The van der Waals surface area contributed by atoms with E-state index in [0.717, 1.165) is 71.5 Å². The zero-order valence-corrected chi connectivity index (χ0v) is 17.7. The summed E-state index contributed by atoms with van der Waals surface area (Å²) in [7, 11) is 0. The molecule has 5 nitrogen and oxygen atoms in total. The summed E-state index contributed by atoms with van der Waals surface area (Å²) in [6.07, 6.45) is 6.54. The van der Waals surface area contributed by atoms with Crippen LogP contribution in [0.2, 0.25) is 0 Å². The summed E-state index contributed by atoms with van der Waals surface area (Å²) in [5.74, 6) is 0.937. The monoisotopic (exact) mass is 399 g/mol. The molecule has 0 spiro atoms. The first-order valence-electron chi connectivity index (χ1n) is 11.6. The number of carbonyl (C=O) groups excluding carboxylic acids is 1. The molecule has 160 valence electrons. The van der Waals surface area contributed by atoms with Crippen LogP contribution in [0, 0.1) is 11.8 Å². The van der Waals surface area contributed by atoms with Crippen LogP contribution in [0.4, 0.5) is 0 Å². The third-order valence-corrected chi connectivity index (χ3v) is 7.31. The van der Waals surface area contributed by atoms with Gasteiger partial charge in [-0.1, -0.05) is 30.3 Å². The topological polar surface area (TPSA) is 47.0 Å². The van der Waals surface area contributed by atoms with E-state index in [1.807, 2.05) is 0 Å². The van der Waals surface area contributed by atoms with E-state index in [9.17, 15) is 9.90 Å². The molecular weight excluding hydrogens is 362 g/mol. The number of benzene rings is 1. The van der Waals surface area contributed by atoms with Crippen molar-refractivity contribution in [2.45, 2.75) is 51.1 Å². The number of aliphatic hydroxyl groups is 1. The summed E-state index contributed by atoms with van der Waals surface area (Å²) < 4.78 is 0. The highest BCUT2D eigenvalue weighted by molar-refractivity contribution is 5.79. The summed E-state index contributed by atoms with van der Waals surface area (Å²) in [6, 6.07) is 11.4. The van der Waals surface area contributed by atoms with E-state index in [0.29, 0.717) is 17.9 Å². The lowest BCUT2D eigenvalue weighted by atomic mass is 9.91. The lowest BCUT2D eigenvalue weighted by Crippen LogP contribution is -2.52. The maximum absolute atomic E-state index is 13.1. The van der Waals surface area contributed by atoms with Crippen molar-refractivity contribution >= 4 is 5.91 Å². The Bertz CT molecular complexity index is 637. The van der Waals surface area contributed by atoms with E-state index in [1.54, 1.807) is 0 Å². The Morgan fingerprint density at radius 1 is 0.931 bits per heavy atom. The van der Waals surface area contributed by atoms with Gasteiger partial charge in [0.2, 0.25) is 5.91 Å². The first-order chi connectivity index (χ1) is 14.2. The molecule has 0 unspecified atom stereocenters. The van der Waals surface area contributed by atoms with Gasteiger partial charge in [-0.25, -0.2) is 0 Å². The second kappa shape index (κ2) is 10.1. The molecule has 3 heterocycles. The smallest absolute Gasteiger partial charge is 0.226 e. The van der Waals surface area contributed by atoms with Crippen molar-refractivity contribution in [1.29, 1.82) is 0 Å². The highest BCUT2D eigenvalue weighted by Crippen LogP contribution is 2.27. The van der Waals surface area contributed by atoms with E-state index in [1.165, 1.54) is 18.4 Å². The van der Waals surface area contributed by atoms with Gasteiger partial charge >= 0.3 is 0 Å². The molecule has 0 aliphatic carbocycles. The number of piperidine rings is 3. The Hall–Kier alpha value is -1.43. The Morgan fingerprint density at radius 2 is 1.66 bits per heavy atom. The molecule has 3 aliphatic heterocycles. The fourth-order valence-electron chi connectivity index (χ4n) is 5.42. The van der Waals surface area contributed by atoms with Crippen LogP contribution in [-0.4, -0.2) is 77.6 Å². The number of carbonyl (C=O) groups is 1. The van der Waals surface area contributed by atoms with Crippen molar-refractivity contribution in [2.24, 2.45) is 11.8 Å². The van der Waals surface area contributed by atoms with Gasteiger partial charge in [0, 0.05) is 38.8 Å². The van der Waals surface area contributed by atoms with Crippen molar-refractivity contribution in [1.82, 2.24) is 14.7 Å². The third kappa shape index (κ3) is 5.39. The van der Waals surface area contributed by atoms with Crippen LogP contribution in [0.1, 0.15) is 44.1 Å². The van der Waals surface area contributed by atoms with Crippen LogP contribution in [0.5, 0.6) is 0 Å². The zero-order valence-electron chi connectivity index (χ0n) is 17.7. The van der Waals surface area contributed by atoms with Crippen LogP contribution in [0.25, 0.3) is 0 Å². The highest BCUT2D eigenvalue weighted by Gasteiger charge is 2.34. The number of aliphatic hydroxyl groups excluding tert-OH is 1. The second-order valence-electron chi connectivity index (χ2n) is 9.28. The fourth-order valence-corrected chi connectivity index (χ4v) is 5.42. The molecule has 1 aromatic carbocycles. The summed E-state index contributed by atoms with van der Waals surface area (Å²) in [6.45, 7) is 7.39. The molecule has 0 radical (unpaired) electrons. The molecule has 3 saturated heterocycles. The van der Waals surface area contributed by atoms with Crippen molar-refractivity contribution in [3.63, 3.8) is 0 Å². The quantitative estimate of drug-likeness (QED) is 0.827. The van der Waals surface area contributed by atoms with Crippen molar-refractivity contribution in [3.05, 3.63) is 35.9 Å². The molecule has 4 rings (SSSR count). The van der Waals surface area contributed by atoms with Gasteiger partial charge in [0.25, 0.3) is 0 Å². The Labute approximate surface area is 175 Å². The first-order valence-corrected chi connectivity index (χ1v) is 11.6. The standard InChI is InChI=1S/C24H37N3O2/c28-19-21-8-15-26(16-9-21)24(29)22-7-4-12-27(18-22)23-10-13-25(14-11-23)17-20-5-2-1-3-6-20/h1-3,5-6,21-23,28H,4,7-19H2/t22-/m1/s1. The number of hydrogen-bond donors (Lipinski definition) is 1. The molecule has 29 heavy (non-hydrogen) atoms. The van der Waals surface area contributed by atoms with E-state index in [-0.39, 0.29) is 12.5 Å². The van der Waals surface area contributed by atoms with Crippen molar-refractivity contribution in [2.75, 3.05) is 45.9 Å². The molecule has 5 heteroatoms. The van der Waals surface area contributed by atoms with Gasteiger partial charge in [0.1, 0.15) is 0 Å². The minimum atomic E-state index is 0.178. The average Bonchev–Trinajstić information content (AvgIpc) is 2.80. The van der Waals surface area contributed by atoms with E-state index >= 15 is 0 Å². The summed E-state index contributed by atoms with van der Waals surface area (Å²) in [5.41, 5.74) is 1.40. The minimum Gasteiger partial charge on any atom is -0.396 e. The van der Waals surface area contributed by atoms with E-state index in [4.69, 9.17) is 0 Å². The van der Waals surface area contributed by atoms with Gasteiger partial charge in [-0.3, -0.25) is 14.6 Å². The van der Waals surface area contributed by atoms with Crippen molar-refractivity contribution < 1.29 is 9.90 Å². The minimum absolute atomic E-state index is 0.178. The summed E-state index contributed by atoms with van der Waals surface area (Å²) in [5, 5.41) is 9.33. The summed E-state index contributed by atoms with van der Waals surface area (Å²) in [4.78, 5) is 20.3. The molecule has 3 fully saturated rings. The maximum atomic E-state index is 13.1. The largest absolute Gasteiger partial charge is 0.396 e. The molecule has 0 saturated carbocycles. The predicted octanol–water partition coefficient (Wildman–Crippen LogP) is 2.59. The molecule has 1 atom stereocenters. The molecule has 1 N–H and O–H groups in total. The van der Waals surface area contributed by atoms with Crippen LogP contribution in [0.15, 0.2) is 30.3 Å². The SMILES string of the molecule is O=C([C@@H]1CCCN(C2CCN(Cc3ccccc3)CC2)C1)N1CCC(CO)CC1. The lowest BCUT2D eigenvalue weighted by molar-refractivity contribution is -0.139. The third-order valence-electron chi connectivity index (χ3n) is 7.31. The van der Waals surface area contributed by atoms with Crippen LogP contribution in [0.3, 0.4) is 0 Å². The van der Waals surface area contributed by atoms with Crippen LogP contribution in [-0.2, 0) is 11.3 Å². The summed E-state index contributed by atoms with van der Waals surface area (Å²) >= 11 is 0. The number of hydrogen-bond acceptors (Lipinski definition) is 4. The van der Waals surface area contributed by atoms with E-state index in [2.05, 4.69) is 45.0 Å². The normalized spacial score (nSPS) is 26.0. The number of amides is 1. The Kier molecular flexibility index (Phi) is 7.22. The van der Waals surface area contributed by atoms with Crippen molar-refractivity contribution in [3.8, 4) is 0 Å². The Morgan fingerprint density at radius 3 is 2.34 bits per heavy atom. The van der Waals surface area contributed by atoms with Gasteiger partial charge in [-0.15, -0.1) is 0 Å². The second-order valence-corrected chi connectivity index (χ2v) is 9.28. The van der Waals surface area contributed by atoms with E-state index < -0.39 is 0 Å². The van der Waals surface area contributed by atoms with Crippen LogP contribution < -0.4 is 0 Å². The van der Waals surface area contributed by atoms with Gasteiger partial charge in [0.15, 0.2) is 0 Å². The first kappa shape index (κ1) is 20.8. The maximum Gasteiger partial charge on any atom is 0.226 e. The van der Waals surface area contributed by atoms with Gasteiger partial charge in [-0.05, 0) is 69.6 Å². The van der Waals surface area contributed by atoms with Gasteiger partial charge in [0.05, 0.1) is 5.92 Å². The van der Waals surface area contributed by atoms with Gasteiger partial charge in [-0.2, -0.15) is 0 Å².